The van der Waals surface area contributed by atoms with Crippen LogP contribution in [0.3, 0.4) is 0 Å². The Morgan fingerprint density at radius 2 is 2.03 bits per heavy atom. The van der Waals surface area contributed by atoms with E-state index < -0.39 is 0 Å². The lowest BCUT2D eigenvalue weighted by Gasteiger charge is -2.13. The molecule has 0 aliphatic carbocycles. The van der Waals surface area contributed by atoms with Crippen molar-refractivity contribution in [1.82, 2.24) is 15.1 Å². The smallest absolute Gasteiger partial charge is 0.258 e. The van der Waals surface area contributed by atoms with Gasteiger partial charge in [0.15, 0.2) is 0 Å². The highest BCUT2D eigenvalue weighted by Gasteiger charge is 2.11. The molecule has 2 N–H and O–H groups in total. The van der Waals surface area contributed by atoms with E-state index >= 15 is 0 Å². The summed E-state index contributed by atoms with van der Waals surface area (Å²) < 4.78 is 7.19. The molecule has 0 atom stereocenters. The van der Waals surface area contributed by atoms with Gasteiger partial charge in [0.1, 0.15) is 5.75 Å². The molecule has 0 aliphatic rings. The molecule has 1 heterocycles. The van der Waals surface area contributed by atoms with Crippen molar-refractivity contribution in [2.45, 2.75) is 33.4 Å². The molecule has 0 fully saturated rings. The van der Waals surface area contributed by atoms with E-state index in [1.165, 1.54) is 0 Å². The number of methoxy groups -OCH3 is 1. The third-order valence-corrected chi connectivity index (χ3v) is 4.79. The monoisotopic (exact) mass is 439 g/mol. The van der Waals surface area contributed by atoms with E-state index in [0.29, 0.717) is 28.8 Å². The van der Waals surface area contributed by atoms with Gasteiger partial charge in [-0.15, -0.1) is 0 Å². The number of anilines is 1. The predicted octanol–water partition coefficient (Wildman–Crippen LogP) is 4.66. The Bertz CT molecular complexity index is 1080. The van der Waals surface area contributed by atoms with E-state index in [1.807, 2.05) is 42.1 Å². The number of carbonyl (C=O) groups excluding carboxylic acids is 1. The summed E-state index contributed by atoms with van der Waals surface area (Å²) >= 11 is 6.03. The van der Waals surface area contributed by atoms with Crippen LogP contribution in [-0.4, -0.2) is 28.8 Å². The Balaban J connectivity index is 1.83. The number of amides is 1. The first-order chi connectivity index (χ1) is 15.0. The molecule has 0 unspecified atom stereocenters. The second kappa shape index (κ2) is 10.6. The maximum absolute atomic E-state index is 12.8. The van der Waals surface area contributed by atoms with Crippen molar-refractivity contribution >= 4 is 29.2 Å². The van der Waals surface area contributed by atoms with Crippen LogP contribution in [0.15, 0.2) is 59.7 Å². The van der Waals surface area contributed by atoms with Gasteiger partial charge in [0.05, 0.1) is 19.3 Å². The molecule has 2 aromatic carbocycles. The van der Waals surface area contributed by atoms with Gasteiger partial charge in [-0.05, 0) is 43.7 Å². The van der Waals surface area contributed by atoms with Gasteiger partial charge in [0.2, 0.25) is 5.96 Å². The number of rotatable bonds is 7. The third-order valence-electron chi connectivity index (χ3n) is 4.56. The first-order valence-corrected chi connectivity index (χ1v) is 10.4. The second-order valence-electron chi connectivity index (χ2n) is 6.99. The lowest BCUT2D eigenvalue weighted by atomic mass is 10.2. The fourth-order valence-corrected chi connectivity index (χ4v) is 3.17. The zero-order valence-electron chi connectivity index (χ0n) is 17.9. The van der Waals surface area contributed by atoms with Crippen LogP contribution >= 0.6 is 11.6 Å². The molecule has 31 heavy (non-hydrogen) atoms. The Kier molecular flexibility index (Phi) is 7.67. The molecule has 0 saturated heterocycles. The summed E-state index contributed by atoms with van der Waals surface area (Å²) in [6.45, 7) is 5.29. The van der Waals surface area contributed by atoms with Crippen LogP contribution in [0.25, 0.3) is 0 Å². The average molecular weight is 440 g/mol. The fourth-order valence-electron chi connectivity index (χ4n) is 2.98. The van der Waals surface area contributed by atoms with E-state index in [1.54, 1.807) is 31.4 Å². The minimum absolute atomic E-state index is 0.310. The van der Waals surface area contributed by atoms with Crippen molar-refractivity contribution in [3.8, 4) is 5.75 Å². The summed E-state index contributed by atoms with van der Waals surface area (Å²) in [6, 6.07) is 14.2. The summed E-state index contributed by atoms with van der Waals surface area (Å²) in [7, 11) is 1.60. The van der Waals surface area contributed by atoms with E-state index in [-0.39, 0.29) is 5.91 Å². The fraction of sp³-hybridized carbons (Fsp3) is 0.261. The highest BCUT2D eigenvalue weighted by atomic mass is 35.5. The molecular weight excluding hydrogens is 414 g/mol. The molecule has 1 aromatic heterocycles. The normalized spacial score (nSPS) is 11.3. The number of aryl methyl sites for hydroxylation is 2. The highest BCUT2D eigenvalue weighted by Crippen LogP contribution is 2.17. The summed E-state index contributed by atoms with van der Waals surface area (Å²) in [5.41, 5.74) is 3.09. The molecule has 8 heteroatoms. The minimum Gasteiger partial charge on any atom is -0.497 e. The van der Waals surface area contributed by atoms with E-state index in [9.17, 15) is 4.79 Å². The maximum Gasteiger partial charge on any atom is 0.258 e. The number of benzene rings is 2. The molecule has 162 valence electrons. The standard InChI is InChI=1S/C23H26ClN5O2/c1-4-11-29-15-18(16(2)28-29)14-25-23(26-20-9-6-10-21(13-20)31-3)27-22(30)17-7-5-8-19(24)12-17/h5-10,12-13,15H,4,11,14H2,1-3H3,(H2,25,26,27,30). The Hall–Kier alpha value is -3.32. The number of halogens is 1. The van der Waals surface area contributed by atoms with Gasteiger partial charge in [-0.3, -0.25) is 14.8 Å². The van der Waals surface area contributed by atoms with Gasteiger partial charge in [0.25, 0.3) is 5.91 Å². The number of guanidine groups is 1. The van der Waals surface area contributed by atoms with Crippen molar-refractivity contribution in [3.05, 3.63) is 76.6 Å². The SMILES string of the molecule is CCCn1cc(CN=C(NC(=O)c2cccc(Cl)c2)Nc2cccc(OC)c2)c(C)n1. The molecule has 1 amide bonds. The van der Waals surface area contributed by atoms with Crippen molar-refractivity contribution < 1.29 is 9.53 Å². The molecule has 3 rings (SSSR count). The number of carbonyl (C=O) groups is 1. The molecule has 7 nitrogen and oxygen atoms in total. The average Bonchev–Trinajstić information content (AvgIpc) is 3.11. The zero-order valence-corrected chi connectivity index (χ0v) is 18.6. The van der Waals surface area contributed by atoms with Gasteiger partial charge < -0.3 is 10.1 Å². The van der Waals surface area contributed by atoms with E-state index in [2.05, 4.69) is 27.6 Å². The van der Waals surface area contributed by atoms with E-state index in [4.69, 9.17) is 16.3 Å². The van der Waals surface area contributed by atoms with Crippen molar-refractivity contribution in [1.29, 1.82) is 0 Å². The van der Waals surface area contributed by atoms with Gasteiger partial charge in [-0.2, -0.15) is 5.10 Å². The molecule has 0 radical (unpaired) electrons. The number of aliphatic imine (C=N–C) groups is 1. The van der Waals surface area contributed by atoms with Crippen molar-refractivity contribution in [3.63, 3.8) is 0 Å². The van der Waals surface area contributed by atoms with Gasteiger partial charge in [-0.25, -0.2) is 4.99 Å². The van der Waals surface area contributed by atoms with Crippen LogP contribution in [0, 0.1) is 6.92 Å². The molecule has 0 bridgehead atoms. The van der Waals surface area contributed by atoms with E-state index in [0.717, 1.165) is 29.9 Å². The lowest BCUT2D eigenvalue weighted by Crippen LogP contribution is -2.36. The number of nitrogens with one attached hydrogen (secondary N) is 2. The number of hydrogen-bond acceptors (Lipinski definition) is 4. The largest absolute Gasteiger partial charge is 0.497 e. The second-order valence-corrected chi connectivity index (χ2v) is 7.43. The summed E-state index contributed by atoms with van der Waals surface area (Å²) in [5, 5.41) is 11.0. The Morgan fingerprint density at radius 3 is 2.77 bits per heavy atom. The predicted molar refractivity (Wildman–Crippen MR) is 124 cm³/mol. The number of hydrogen-bond donors (Lipinski definition) is 2. The molecule has 0 saturated carbocycles. The number of aromatic nitrogens is 2. The summed E-state index contributed by atoms with van der Waals surface area (Å²) in [6.07, 6.45) is 2.99. The van der Waals surface area contributed by atoms with Gasteiger partial charge >= 0.3 is 0 Å². The molecule has 3 aromatic rings. The summed E-state index contributed by atoms with van der Waals surface area (Å²) in [4.78, 5) is 17.4. The maximum atomic E-state index is 12.8. The zero-order chi connectivity index (χ0) is 22.2. The Morgan fingerprint density at radius 1 is 1.23 bits per heavy atom. The van der Waals surface area contributed by atoms with Crippen LogP contribution in [0.4, 0.5) is 5.69 Å². The minimum atomic E-state index is -0.310. The number of ether oxygens (including phenoxy) is 1. The van der Waals surface area contributed by atoms with Crippen LogP contribution < -0.4 is 15.4 Å². The Labute approximate surface area is 187 Å². The number of nitrogens with zero attached hydrogens (tertiary/aromatic N) is 3. The van der Waals surface area contributed by atoms with Crippen LogP contribution in [-0.2, 0) is 13.1 Å². The van der Waals surface area contributed by atoms with Crippen LogP contribution in [0.2, 0.25) is 5.02 Å². The van der Waals surface area contributed by atoms with Crippen LogP contribution in [0.1, 0.15) is 35.0 Å². The molecule has 0 aliphatic heterocycles. The van der Waals surface area contributed by atoms with Gasteiger partial charge in [0, 0.05) is 40.6 Å². The third kappa shape index (κ3) is 6.33. The highest BCUT2D eigenvalue weighted by molar-refractivity contribution is 6.31. The lowest BCUT2D eigenvalue weighted by molar-refractivity contribution is 0.0977. The van der Waals surface area contributed by atoms with Crippen molar-refractivity contribution in [2.75, 3.05) is 12.4 Å². The quantitative estimate of drug-likeness (QED) is 0.414. The molecular formula is C23H26ClN5O2. The first-order valence-electron chi connectivity index (χ1n) is 10.0. The van der Waals surface area contributed by atoms with Gasteiger partial charge in [-0.1, -0.05) is 30.7 Å². The molecule has 0 spiro atoms. The van der Waals surface area contributed by atoms with Crippen molar-refractivity contribution in [2.24, 2.45) is 4.99 Å². The topological polar surface area (TPSA) is 80.5 Å². The van der Waals surface area contributed by atoms with Crippen LogP contribution in [0.5, 0.6) is 5.75 Å². The summed E-state index contributed by atoms with van der Waals surface area (Å²) in [5.74, 6) is 0.707. The first kappa shape index (κ1) is 22.4.